The standard InChI is InChI=1S/C15H24N4O2/c1-19(2)15(21)10-14(20)16-13-9-12(17-18-13)8-11-6-4-3-5-7-11/h9,11H,3-8,10H2,1-2H3,(H2,16,17,18,20). The van der Waals surface area contributed by atoms with Crippen LogP contribution in [0.5, 0.6) is 0 Å². The predicted octanol–water partition coefficient (Wildman–Crippen LogP) is 1.95. The first-order valence-corrected chi connectivity index (χ1v) is 7.59. The summed E-state index contributed by atoms with van der Waals surface area (Å²) in [6, 6.07) is 1.87. The van der Waals surface area contributed by atoms with Crippen molar-refractivity contribution in [3.05, 3.63) is 11.8 Å². The number of nitrogens with zero attached hydrogens (tertiary/aromatic N) is 2. The van der Waals surface area contributed by atoms with Crippen LogP contribution in [0.15, 0.2) is 6.07 Å². The molecule has 0 aromatic carbocycles. The molecule has 1 aliphatic rings. The topological polar surface area (TPSA) is 78.1 Å². The third kappa shape index (κ3) is 4.88. The van der Waals surface area contributed by atoms with Crippen molar-refractivity contribution in [1.29, 1.82) is 0 Å². The fourth-order valence-corrected chi connectivity index (χ4v) is 2.71. The zero-order valence-electron chi connectivity index (χ0n) is 12.8. The highest BCUT2D eigenvalue weighted by molar-refractivity contribution is 6.03. The van der Waals surface area contributed by atoms with Gasteiger partial charge in [-0.1, -0.05) is 32.1 Å². The molecule has 6 heteroatoms. The zero-order valence-corrected chi connectivity index (χ0v) is 12.8. The van der Waals surface area contributed by atoms with Crippen LogP contribution >= 0.6 is 0 Å². The third-order valence-corrected chi connectivity index (χ3v) is 3.94. The number of nitrogens with one attached hydrogen (secondary N) is 2. The van der Waals surface area contributed by atoms with Crippen LogP contribution in [-0.2, 0) is 16.0 Å². The Bertz CT molecular complexity index is 490. The molecule has 1 saturated carbocycles. The SMILES string of the molecule is CN(C)C(=O)CC(=O)Nc1cc(CC2CCCCC2)[nH]n1. The van der Waals surface area contributed by atoms with Crippen molar-refractivity contribution in [2.75, 3.05) is 19.4 Å². The minimum atomic E-state index is -0.329. The molecule has 0 spiro atoms. The molecule has 0 bridgehead atoms. The van der Waals surface area contributed by atoms with E-state index in [0.29, 0.717) is 5.82 Å². The van der Waals surface area contributed by atoms with Crippen LogP contribution in [0.1, 0.15) is 44.2 Å². The smallest absolute Gasteiger partial charge is 0.235 e. The highest BCUT2D eigenvalue weighted by atomic mass is 16.2. The number of aromatic nitrogens is 2. The van der Waals surface area contributed by atoms with E-state index < -0.39 is 0 Å². The number of aromatic amines is 1. The highest BCUT2D eigenvalue weighted by Gasteiger charge is 2.16. The first-order chi connectivity index (χ1) is 10.0. The van der Waals surface area contributed by atoms with Gasteiger partial charge in [-0.2, -0.15) is 5.10 Å². The van der Waals surface area contributed by atoms with Crippen molar-refractivity contribution in [3.8, 4) is 0 Å². The van der Waals surface area contributed by atoms with Gasteiger partial charge in [0.2, 0.25) is 11.8 Å². The van der Waals surface area contributed by atoms with E-state index in [1.54, 1.807) is 14.1 Å². The number of amides is 2. The molecule has 1 aromatic rings. The van der Waals surface area contributed by atoms with E-state index in [4.69, 9.17) is 0 Å². The summed E-state index contributed by atoms with van der Waals surface area (Å²) in [5, 5.41) is 9.72. The van der Waals surface area contributed by atoms with E-state index in [0.717, 1.165) is 18.0 Å². The van der Waals surface area contributed by atoms with Crippen LogP contribution in [0.2, 0.25) is 0 Å². The van der Waals surface area contributed by atoms with E-state index in [1.807, 2.05) is 6.07 Å². The Morgan fingerprint density at radius 2 is 2.05 bits per heavy atom. The van der Waals surface area contributed by atoms with Gasteiger partial charge in [-0.05, 0) is 12.3 Å². The lowest BCUT2D eigenvalue weighted by atomic mass is 9.86. The maximum Gasteiger partial charge on any atom is 0.235 e. The van der Waals surface area contributed by atoms with Gasteiger partial charge in [-0.15, -0.1) is 0 Å². The number of carbonyl (C=O) groups excluding carboxylic acids is 2. The van der Waals surface area contributed by atoms with Gasteiger partial charge in [0.15, 0.2) is 5.82 Å². The van der Waals surface area contributed by atoms with E-state index >= 15 is 0 Å². The lowest BCUT2D eigenvalue weighted by Gasteiger charge is -2.20. The number of H-pyrrole nitrogens is 1. The molecule has 0 atom stereocenters. The van der Waals surface area contributed by atoms with E-state index in [1.165, 1.54) is 37.0 Å². The maximum absolute atomic E-state index is 11.7. The molecule has 0 saturated heterocycles. The Labute approximate surface area is 125 Å². The molecule has 6 nitrogen and oxygen atoms in total. The molecular formula is C15H24N4O2. The molecule has 0 radical (unpaired) electrons. The lowest BCUT2D eigenvalue weighted by Crippen LogP contribution is -2.27. The third-order valence-electron chi connectivity index (χ3n) is 3.94. The van der Waals surface area contributed by atoms with Crippen molar-refractivity contribution >= 4 is 17.6 Å². The molecule has 2 N–H and O–H groups in total. The average Bonchev–Trinajstić information content (AvgIpc) is 2.86. The van der Waals surface area contributed by atoms with Gasteiger partial charge in [0.05, 0.1) is 0 Å². The minimum Gasteiger partial charge on any atom is -0.348 e. The summed E-state index contributed by atoms with van der Waals surface area (Å²) in [4.78, 5) is 24.6. The Morgan fingerprint density at radius 1 is 1.33 bits per heavy atom. The molecule has 0 unspecified atom stereocenters. The Kier molecular flexibility index (Phi) is 5.36. The van der Waals surface area contributed by atoms with Crippen LogP contribution < -0.4 is 5.32 Å². The Balaban J connectivity index is 1.82. The molecule has 0 aliphatic heterocycles. The first-order valence-electron chi connectivity index (χ1n) is 7.59. The van der Waals surface area contributed by atoms with Crippen molar-refractivity contribution in [2.24, 2.45) is 5.92 Å². The summed E-state index contributed by atoms with van der Waals surface area (Å²) in [5.74, 6) is 0.672. The summed E-state index contributed by atoms with van der Waals surface area (Å²) in [6.07, 6.45) is 7.36. The number of hydrogen-bond donors (Lipinski definition) is 2. The second-order valence-electron chi connectivity index (χ2n) is 6.00. The van der Waals surface area contributed by atoms with Crippen molar-refractivity contribution < 1.29 is 9.59 Å². The normalized spacial score (nSPS) is 15.7. The van der Waals surface area contributed by atoms with E-state index in [-0.39, 0.29) is 18.2 Å². The molecule has 1 aromatic heterocycles. The molecule has 1 aliphatic carbocycles. The van der Waals surface area contributed by atoms with Crippen LogP contribution in [0.25, 0.3) is 0 Å². The number of rotatable bonds is 5. The average molecular weight is 292 g/mol. The van der Waals surface area contributed by atoms with Crippen LogP contribution in [0.4, 0.5) is 5.82 Å². The van der Waals surface area contributed by atoms with Crippen molar-refractivity contribution in [2.45, 2.75) is 44.9 Å². The summed E-state index contributed by atoms with van der Waals surface area (Å²) in [7, 11) is 3.26. The second kappa shape index (κ2) is 7.24. The fourth-order valence-electron chi connectivity index (χ4n) is 2.71. The lowest BCUT2D eigenvalue weighted by molar-refractivity contribution is -0.132. The molecule has 1 fully saturated rings. The van der Waals surface area contributed by atoms with Crippen LogP contribution in [-0.4, -0.2) is 41.0 Å². The molecule has 2 amide bonds. The van der Waals surface area contributed by atoms with Gasteiger partial charge < -0.3 is 10.2 Å². The van der Waals surface area contributed by atoms with Crippen LogP contribution in [0, 0.1) is 5.92 Å². The van der Waals surface area contributed by atoms with E-state index in [2.05, 4.69) is 15.5 Å². The largest absolute Gasteiger partial charge is 0.348 e. The van der Waals surface area contributed by atoms with Crippen molar-refractivity contribution in [3.63, 3.8) is 0 Å². The molecular weight excluding hydrogens is 268 g/mol. The molecule has 1 heterocycles. The zero-order chi connectivity index (χ0) is 15.2. The second-order valence-corrected chi connectivity index (χ2v) is 6.00. The maximum atomic E-state index is 11.7. The van der Waals surface area contributed by atoms with Crippen LogP contribution in [0.3, 0.4) is 0 Å². The minimum absolute atomic E-state index is 0.155. The summed E-state index contributed by atoms with van der Waals surface area (Å²) < 4.78 is 0. The summed E-state index contributed by atoms with van der Waals surface area (Å²) in [5.41, 5.74) is 1.05. The number of hydrogen-bond acceptors (Lipinski definition) is 3. The Hall–Kier alpha value is -1.85. The van der Waals surface area contributed by atoms with E-state index in [9.17, 15) is 9.59 Å². The molecule has 116 valence electrons. The quantitative estimate of drug-likeness (QED) is 0.814. The van der Waals surface area contributed by atoms with Gasteiger partial charge >= 0.3 is 0 Å². The van der Waals surface area contributed by atoms with Crippen molar-refractivity contribution in [1.82, 2.24) is 15.1 Å². The van der Waals surface area contributed by atoms with Gasteiger partial charge in [0.1, 0.15) is 6.42 Å². The monoisotopic (exact) mass is 292 g/mol. The van der Waals surface area contributed by atoms with Gasteiger partial charge in [0, 0.05) is 25.9 Å². The number of anilines is 1. The Morgan fingerprint density at radius 3 is 2.71 bits per heavy atom. The number of carbonyl (C=O) groups is 2. The molecule has 21 heavy (non-hydrogen) atoms. The van der Waals surface area contributed by atoms with Gasteiger partial charge in [0.25, 0.3) is 0 Å². The summed E-state index contributed by atoms with van der Waals surface area (Å²) in [6.45, 7) is 0. The predicted molar refractivity (Wildman–Crippen MR) is 80.8 cm³/mol. The fraction of sp³-hybridized carbons (Fsp3) is 0.667. The highest BCUT2D eigenvalue weighted by Crippen LogP contribution is 2.26. The first kappa shape index (κ1) is 15.5. The van der Waals surface area contributed by atoms with Gasteiger partial charge in [-0.25, -0.2) is 0 Å². The van der Waals surface area contributed by atoms with Gasteiger partial charge in [-0.3, -0.25) is 14.7 Å². The summed E-state index contributed by atoms with van der Waals surface area (Å²) >= 11 is 0. The molecule has 2 rings (SSSR count).